The van der Waals surface area contributed by atoms with E-state index in [0.717, 1.165) is 78.5 Å². The maximum Gasteiger partial charge on any atom is 0.0270 e. The predicted octanol–water partition coefficient (Wildman–Crippen LogP) is -3.29. The maximum absolute atomic E-state index is 5.92. The summed E-state index contributed by atoms with van der Waals surface area (Å²) in [5, 5.41) is 17.2. The molecule has 0 aromatic heterocycles. The van der Waals surface area contributed by atoms with Crippen LogP contribution in [0.1, 0.15) is 0 Å². The highest BCUT2D eigenvalue weighted by molar-refractivity contribution is 4.61. The number of hydrogen-bond donors (Lipinski definition) is 6. The average molecular weight is 288 g/mol. The molecule has 1 aliphatic rings. The zero-order valence-electron chi connectivity index (χ0n) is 12.5. The minimum atomic E-state index is 0.790. The molecule has 0 aliphatic carbocycles. The molecule has 0 unspecified atom stereocenters. The monoisotopic (exact) mass is 288 g/mol. The van der Waals surface area contributed by atoms with E-state index in [1.54, 1.807) is 0 Å². The Morgan fingerprint density at radius 3 is 1.10 bits per heavy atom. The molecule has 0 amide bonds. The van der Waals surface area contributed by atoms with Crippen molar-refractivity contribution in [2.75, 3.05) is 78.5 Å². The van der Waals surface area contributed by atoms with Crippen LogP contribution in [0.2, 0.25) is 0 Å². The molecular formula is C12H32N8. The Hall–Kier alpha value is -0.320. The molecular weight excluding hydrogens is 256 g/mol. The van der Waals surface area contributed by atoms with Crippen LogP contribution in [-0.2, 0) is 0 Å². The average Bonchev–Trinajstić information content (AvgIpc) is 2.44. The molecule has 0 bridgehead atoms. The van der Waals surface area contributed by atoms with Gasteiger partial charge in [0.25, 0.3) is 0 Å². The summed E-state index contributed by atoms with van der Waals surface area (Å²) in [4.78, 5) is 0. The summed E-state index contributed by atoms with van der Waals surface area (Å²) < 4.78 is 0. The van der Waals surface area contributed by atoms with E-state index in [4.69, 9.17) is 11.7 Å². The van der Waals surface area contributed by atoms with Crippen molar-refractivity contribution in [3.05, 3.63) is 0 Å². The van der Waals surface area contributed by atoms with Gasteiger partial charge in [0.15, 0.2) is 0 Å². The van der Waals surface area contributed by atoms with Gasteiger partial charge in [-0.2, -0.15) is 0 Å². The van der Waals surface area contributed by atoms with Gasteiger partial charge in [-0.25, -0.2) is 10.0 Å². The van der Waals surface area contributed by atoms with Crippen LogP contribution in [0, 0.1) is 0 Å². The van der Waals surface area contributed by atoms with E-state index < -0.39 is 0 Å². The third-order valence-electron chi connectivity index (χ3n) is 3.26. The number of rotatable bonds is 0. The highest BCUT2D eigenvalue weighted by Gasteiger charge is 2.03. The highest BCUT2D eigenvalue weighted by atomic mass is 15.4. The summed E-state index contributed by atoms with van der Waals surface area (Å²) in [6.45, 7) is 11.0. The van der Waals surface area contributed by atoms with E-state index in [2.05, 4.69) is 21.3 Å². The van der Waals surface area contributed by atoms with Gasteiger partial charge in [0.05, 0.1) is 0 Å². The maximum atomic E-state index is 5.92. The molecule has 120 valence electrons. The van der Waals surface area contributed by atoms with E-state index in [1.807, 2.05) is 10.0 Å². The van der Waals surface area contributed by atoms with Gasteiger partial charge in [-0.15, -0.1) is 0 Å². The molecule has 0 saturated carbocycles. The fraction of sp³-hybridized carbons (Fsp3) is 1.00. The molecule has 0 aromatic rings. The van der Waals surface area contributed by atoms with Crippen molar-refractivity contribution in [3.8, 4) is 0 Å². The topological polar surface area (TPSA) is 107 Å². The fourth-order valence-electron chi connectivity index (χ4n) is 1.96. The standard InChI is InChI=1S/C12H32N8/c13-19-9-7-17-5-3-15-1-2-16-4-6-18-8-10-20(14)12-11-19/h15-18H,1-14H2. The van der Waals surface area contributed by atoms with Crippen LogP contribution in [0.25, 0.3) is 0 Å². The first kappa shape index (κ1) is 17.7. The molecule has 8 N–H and O–H groups in total. The second-order valence-electron chi connectivity index (χ2n) is 5.07. The molecule has 1 aliphatic heterocycles. The SMILES string of the molecule is NN1CCNCCNCCNCCNCCN(N)CC1. The molecule has 8 heteroatoms. The third-order valence-corrected chi connectivity index (χ3v) is 3.26. The fourth-order valence-corrected chi connectivity index (χ4v) is 1.96. The summed E-state index contributed by atoms with van der Waals surface area (Å²) in [6.07, 6.45) is 0. The van der Waals surface area contributed by atoms with Gasteiger partial charge >= 0.3 is 0 Å². The quantitative estimate of drug-likeness (QED) is 0.258. The van der Waals surface area contributed by atoms with E-state index in [0.29, 0.717) is 0 Å². The van der Waals surface area contributed by atoms with Gasteiger partial charge in [-0.1, -0.05) is 0 Å². The van der Waals surface area contributed by atoms with Crippen molar-refractivity contribution in [1.82, 2.24) is 31.3 Å². The number of nitrogens with two attached hydrogens (primary N) is 2. The summed E-state index contributed by atoms with van der Waals surface area (Å²) in [7, 11) is 0. The van der Waals surface area contributed by atoms with Crippen LogP contribution in [-0.4, -0.2) is 88.6 Å². The molecule has 8 nitrogen and oxygen atoms in total. The van der Waals surface area contributed by atoms with Gasteiger partial charge in [0.2, 0.25) is 0 Å². The number of hydrazine groups is 2. The van der Waals surface area contributed by atoms with E-state index in [-0.39, 0.29) is 0 Å². The molecule has 0 radical (unpaired) electrons. The number of nitrogens with one attached hydrogen (secondary N) is 4. The minimum absolute atomic E-state index is 0.790. The van der Waals surface area contributed by atoms with Crippen LogP contribution < -0.4 is 33.0 Å². The molecule has 1 saturated heterocycles. The van der Waals surface area contributed by atoms with Gasteiger partial charge < -0.3 is 21.3 Å². The molecule has 0 spiro atoms. The normalized spacial score (nSPS) is 24.9. The molecule has 0 atom stereocenters. The lowest BCUT2D eigenvalue weighted by atomic mass is 10.4. The van der Waals surface area contributed by atoms with Crippen LogP contribution in [0.15, 0.2) is 0 Å². The zero-order chi connectivity index (χ0) is 14.5. The molecule has 1 rings (SSSR count). The molecule has 1 fully saturated rings. The zero-order valence-corrected chi connectivity index (χ0v) is 12.5. The second-order valence-corrected chi connectivity index (χ2v) is 5.07. The van der Waals surface area contributed by atoms with Gasteiger partial charge in [0.1, 0.15) is 0 Å². The van der Waals surface area contributed by atoms with Crippen LogP contribution in [0.4, 0.5) is 0 Å². The number of nitrogens with zero attached hydrogens (tertiary/aromatic N) is 2. The second kappa shape index (κ2) is 12.4. The molecule has 0 aromatic carbocycles. The Balaban J connectivity index is 2.17. The largest absolute Gasteiger partial charge is 0.314 e. The van der Waals surface area contributed by atoms with E-state index >= 15 is 0 Å². The van der Waals surface area contributed by atoms with Crippen LogP contribution in [0.5, 0.6) is 0 Å². The summed E-state index contributed by atoms with van der Waals surface area (Å²) in [5.74, 6) is 11.8. The lowest BCUT2D eigenvalue weighted by molar-refractivity contribution is 0.208. The minimum Gasteiger partial charge on any atom is -0.314 e. The van der Waals surface area contributed by atoms with Crippen molar-refractivity contribution < 1.29 is 0 Å². The van der Waals surface area contributed by atoms with Gasteiger partial charge in [-0.3, -0.25) is 11.7 Å². The van der Waals surface area contributed by atoms with Crippen LogP contribution >= 0.6 is 0 Å². The van der Waals surface area contributed by atoms with Crippen molar-refractivity contribution in [1.29, 1.82) is 0 Å². The van der Waals surface area contributed by atoms with Gasteiger partial charge in [-0.05, 0) is 0 Å². The van der Waals surface area contributed by atoms with Crippen molar-refractivity contribution in [2.45, 2.75) is 0 Å². The van der Waals surface area contributed by atoms with Crippen molar-refractivity contribution in [2.24, 2.45) is 11.7 Å². The van der Waals surface area contributed by atoms with E-state index in [9.17, 15) is 0 Å². The lowest BCUT2D eigenvalue weighted by Crippen LogP contribution is -2.46. The smallest absolute Gasteiger partial charge is 0.0270 e. The molecule has 1 heterocycles. The first-order chi connectivity index (χ1) is 9.79. The third kappa shape index (κ3) is 10.5. The molecule has 20 heavy (non-hydrogen) atoms. The Kier molecular flexibility index (Phi) is 11.0. The summed E-state index contributed by atoms with van der Waals surface area (Å²) >= 11 is 0. The van der Waals surface area contributed by atoms with Crippen molar-refractivity contribution in [3.63, 3.8) is 0 Å². The number of hydrogen-bond acceptors (Lipinski definition) is 8. The first-order valence-corrected chi connectivity index (χ1v) is 7.61. The first-order valence-electron chi connectivity index (χ1n) is 7.61. The predicted molar refractivity (Wildman–Crippen MR) is 83.0 cm³/mol. The van der Waals surface area contributed by atoms with Crippen LogP contribution in [0.3, 0.4) is 0 Å². The Bertz CT molecular complexity index is 194. The summed E-state index contributed by atoms with van der Waals surface area (Å²) in [5.41, 5.74) is 0. The highest BCUT2D eigenvalue weighted by Crippen LogP contribution is 1.81. The van der Waals surface area contributed by atoms with Gasteiger partial charge in [0, 0.05) is 78.5 Å². The summed E-state index contributed by atoms with van der Waals surface area (Å²) in [6, 6.07) is 0. The van der Waals surface area contributed by atoms with E-state index in [1.165, 1.54) is 0 Å². The van der Waals surface area contributed by atoms with Crippen molar-refractivity contribution >= 4 is 0 Å². The lowest BCUT2D eigenvalue weighted by Gasteiger charge is -2.22. The Labute approximate surface area is 122 Å². The Morgan fingerprint density at radius 2 is 0.750 bits per heavy atom. The Morgan fingerprint density at radius 1 is 0.450 bits per heavy atom.